The van der Waals surface area contributed by atoms with Crippen LogP contribution in [0, 0.1) is 19.8 Å². The molecular formula is C23H30N4O4. The van der Waals surface area contributed by atoms with Crippen molar-refractivity contribution in [3.8, 4) is 5.75 Å². The molecule has 5 rings (SSSR count). The van der Waals surface area contributed by atoms with E-state index in [0.29, 0.717) is 30.8 Å². The summed E-state index contributed by atoms with van der Waals surface area (Å²) in [5.41, 5.74) is 0.804. The quantitative estimate of drug-likeness (QED) is 0.723. The Hall–Kier alpha value is -2.45. The van der Waals surface area contributed by atoms with Gasteiger partial charge in [0.25, 0.3) is 5.91 Å². The molecule has 3 aliphatic rings. The summed E-state index contributed by atoms with van der Waals surface area (Å²) in [6.07, 6.45) is 2.11. The van der Waals surface area contributed by atoms with Gasteiger partial charge < -0.3 is 18.9 Å². The first-order valence-electron chi connectivity index (χ1n) is 11.1. The lowest BCUT2D eigenvalue weighted by Gasteiger charge is -2.33. The molecule has 4 heterocycles. The fraction of sp³-hybridized carbons (Fsp3) is 0.609. The highest BCUT2D eigenvalue weighted by atomic mass is 16.5. The van der Waals surface area contributed by atoms with Crippen LogP contribution in [0.4, 0.5) is 0 Å². The number of fused-ring (bicyclic) bond motifs is 1. The zero-order chi connectivity index (χ0) is 21.4. The Morgan fingerprint density at radius 2 is 2.06 bits per heavy atom. The second kappa shape index (κ2) is 8.24. The number of benzene rings is 1. The van der Waals surface area contributed by atoms with Crippen molar-refractivity contribution in [2.45, 2.75) is 38.1 Å². The Labute approximate surface area is 182 Å². The highest BCUT2D eigenvalue weighted by Crippen LogP contribution is 2.45. The molecule has 2 atom stereocenters. The number of hydrogen-bond donors (Lipinski definition) is 0. The lowest BCUT2D eigenvalue weighted by molar-refractivity contribution is -0.132. The first-order valence-corrected chi connectivity index (χ1v) is 11.1. The predicted molar refractivity (Wildman–Crippen MR) is 113 cm³/mol. The zero-order valence-corrected chi connectivity index (χ0v) is 18.2. The third-order valence-corrected chi connectivity index (χ3v) is 7.00. The van der Waals surface area contributed by atoms with E-state index in [1.807, 2.05) is 43.0 Å². The molecule has 1 aromatic carbocycles. The number of carbonyl (C=O) groups is 1. The lowest BCUT2D eigenvalue weighted by atomic mass is 9.81. The molecular weight excluding hydrogens is 396 g/mol. The standard InChI is InChI=1S/C23H30N4O4/c1-16-4-3-5-20(10-16)30-13-21(28)27-12-18-11-26(19-6-8-29-9-7-19)14-23(18,15-27)22-24-17(2)25-31-22/h3-5,10,18-19H,6-9,11-15H2,1-2H3/t18-,23-/m1/s1. The van der Waals surface area contributed by atoms with Crippen LogP contribution in [0.2, 0.25) is 0 Å². The summed E-state index contributed by atoms with van der Waals surface area (Å²) in [6.45, 7) is 8.60. The van der Waals surface area contributed by atoms with E-state index < -0.39 is 0 Å². The van der Waals surface area contributed by atoms with Gasteiger partial charge in [-0.05, 0) is 44.4 Å². The van der Waals surface area contributed by atoms with E-state index in [9.17, 15) is 4.79 Å². The summed E-state index contributed by atoms with van der Waals surface area (Å²) < 4.78 is 17.0. The summed E-state index contributed by atoms with van der Waals surface area (Å²) in [4.78, 5) is 22.1. The van der Waals surface area contributed by atoms with Crippen LogP contribution in [0.15, 0.2) is 28.8 Å². The van der Waals surface area contributed by atoms with Crippen molar-refractivity contribution in [1.82, 2.24) is 19.9 Å². The Morgan fingerprint density at radius 3 is 2.81 bits per heavy atom. The molecule has 0 aliphatic carbocycles. The van der Waals surface area contributed by atoms with Crippen LogP contribution in [0.1, 0.15) is 30.1 Å². The molecule has 0 unspecified atom stereocenters. The van der Waals surface area contributed by atoms with E-state index in [1.54, 1.807) is 0 Å². The average molecular weight is 427 g/mol. The third-order valence-electron chi connectivity index (χ3n) is 7.00. The van der Waals surface area contributed by atoms with Gasteiger partial charge in [-0.1, -0.05) is 17.3 Å². The molecule has 31 heavy (non-hydrogen) atoms. The van der Waals surface area contributed by atoms with Crippen molar-refractivity contribution in [3.63, 3.8) is 0 Å². The molecule has 3 saturated heterocycles. The van der Waals surface area contributed by atoms with Crippen LogP contribution >= 0.6 is 0 Å². The van der Waals surface area contributed by atoms with Crippen molar-refractivity contribution in [1.29, 1.82) is 0 Å². The van der Waals surface area contributed by atoms with E-state index in [2.05, 4.69) is 15.0 Å². The molecule has 3 aliphatic heterocycles. The number of likely N-dealkylation sites (tertiary alicyclic amines) is 2. The van der Waals surface area contributed by atoms with E-state index in [1.165, 1.54) is 0 Å². The highest BCUT2D eigenvalue weighted by Gasteiger charge is 2.58. The topological polar surface area (TPSA) is 80.9 Å². The normalized spacial score (nSPS) is 26.9. The number of ether oxygens (including phenoxy) is 2. The highest BCUT2D eigenvalue weighted by molar-refractivity contribution is 5.78. The van der Waals surface area contributed by atoms with E-state index in [4.69, 9.17) is 14.0 Å². The molecule has 0 bridgehead atoms. The Bertz CT molecular complexity index is 941. The van der Waals surface area contributed by atoms with E-state index in [0.717, 1.165) is 50.5 Å². The van der Waals surface area contributed by atoms with Crippen molar-refractivity contribution in [2.24, 2.45) is 5.92 Å². The molecule has 1 amide bonds. The monoisotopic (exact) mass is 426 g/mol. The predicted octanol–water partition coefficient (Wildman–Crippen LogP) is 1.96. The Kier molecular flexibility index (Phi) is 5.44. The van der Waals surface area contributed by atoms with E-state index >= 15 is 0 Å². The molecule has 1 aromatic heterocycles. The number of aromatic nitrogens is 2. The van der Waals surface area contributed by atoms with Crippen molar-refractivity contribution in [2.75, 3.05) is 46.0 Å². The molecule has 0 saturated carbocycles. The summed E-state index contributed by atoms with van der Waals surface area (Å²) in [6, 6.07) is 8.30. The number of hydrogen-bond acceptors (Lipinski definition) is 7. The van der Waals surface area contributed by atoms with Crippen LogP contribution in [0.5, 0.6) is 5.75 Å². The van der Waals surface area contributed by atoms with Gasteiger partial charge in [-0.3, -0.25) is 9.69 Å². The van der Waals surface area contributed by atoms with Crippen LogP contribution in [0.25, 0.3) is 0 Å². The maximum Gasteiger partial charge on any atom is 0.260 e. The summed E-state index contributed by atoms with van der Waals surface area (Å²) in [7, 11) is 0. The van der Waals surface area contributed by atoms with Gasteiger partial charge in [-0.25, -0.2) is 0 Å². The van der Waals surface area contributed by atoms with Gasteiger partial charge in [-0.15, -0.1) is 0 Å². The minimum atomic E-state index is -0.307. The number of amides is 1. The zero-order valence-electron chi connectivity index (χ0n) is 18.2. The maximum absolute atomic E-state index is 13.0. The third kappa shape index (κ3) is 3.94. The van der Waals surface area contributed by atoms with Crippen molar-refractivity contribution in [3.05, 3.63) is 41.5 Å². The van der Waals surface area contributed by atoms with Gasteiger partial charge >= 0.3 is 0 Å². The van der Waals surface area contributed by atoms with Gasteiger partial charge in [0.15, 0.2) is 12.4 Å². The van der Waals surface area contributed by atoms with Crippen LogP contribution < -0.4 is 4.74 Å². The van der Waals surface area contributed by atoms with Crippen LogP contribution in [-0.4, -0.2) is 77.9 Å². The van der Waals surface area contributed by atoms with Gasteiger partial charge in [0.1, 0.15) is 5.75 Å². The van der Waals surface area contributed by atoms with Gasteiger partial charge in [0.2, 0.25) is 5.89 Å². The van der Waals surface area contributed by atoms with E-state index in [-0.39, 0.29) is 23.8 Å². The second-order valence-corrected chi connectivity index (χ2v) is 9.15. The van der Waals surface area contributed by atoms with Gasteiger partial charge in [0, 0.05) is 51.4 Å². The number of nitrogens with zero attached hydrogens (tertiary/aromatic N) is 4. The average Bonchev–Trinajstić information content (AvgIpc) is 3.45. The van der Waals surface area contributed by atoms with Crippen LogP contribution in [-0.2, 0) is 14.9 Å². The number of carbonyl (C=O) groups excluding carboxylic acids is 1. The van der Waals surface area contributed by atoms with Gasteiger partial charge in [-0.2, -0.15) is 4.98 Å². The molecule has 8 heteroatoms. The van der Waals surface area contributed by atoms with Gasteiger partial charge in [0.05, 0.1) is 5.41 Å². The molecule has 166 valence electrons. The first-order chi connectivity index (χ1) is 15.0. The minimum absolute atomic E-state index is 0.00383. The second-order valence-electron chi connectivity index (χ2n) is 9.15. The minimum Gasteiger partial charge on any atom is -0.484 e. The first kappa shape index (κ1) is 20.5. The summed E-state index contributed by atoms with van der Waals surface area (Å²) in [5.74, 6) is 2.31. The molecule has 3 fully saturated rings. The fourth-order valence-electron chi connectivity index (χ4n) is 5.37. The molecule has 2 aromatic rings. The molecule has 8 nitrogen and oxygen atoms in total. The molecule has 0 N–H and O–H groups in total. The SMILES string of the molecule is Cc1cccc(OCC(=O)N2C[C@H]3CN(C4CCOCC4)C[C@@]3(c3nc(C)no3)C2)c1. The smallest absolute Gasteiger partial charge is 0.260 e. The largest absolute Gasteiger partial charge is 0.484 e. The summed E-state index contributed by atoms with van der Waals surface area (Å²) in [5, 5.41) is 4.06. The Balaban J connectivity index is 1.31. The summed E-state index contributed by atoms with van der Waals surface area (Å²) >= 11 is 0. The van der Waals surface area contributed by atoms with Crippen LogP contribution in [0.3, 0.4) is 0 Å². The van der Waals surface area contributed by atoms with Crippen molar-refractivity contribution >= 4 is 5.91 Å². The molecule has 0 spiro atoms. The Morgan fingerprint density at radius 1 is 1.23 bits per heavy atom. The molecule has 0 radical (unpaired) electrons. The number of rotatable bonds is 5. The maximum atomic E-state index is 13.0. The number of aryl methyl sites for hydroxylation is 2. The van der Waals surface area contributed by atoms with Crippen molar-refractivity contribution < 1.29 is 18.8 Å². The lowest BCUT2D eigenvalue weighted by Crippen LogP contribution is -2.44. The fourth-order valence-corrected chi connectivity index (χ4v) is 5.37.